The SMILES string of the molecule is CCOCOCC(CC(CS)COCC#N)NC(=O)c1ccc([N+](=O)[O-])cc1. The van der Waals surface area contributed by atoms with Gasteiger partial charge in [-0.1, -0.05) is 0 Å². The predicted octanol–water partition coefficient (Wildman–Crippen LogP) is 2.18. The number of nitro benzene ring substituents is 1. The van der Waals surface area contributed by atoms with Crippen molar-refractivity contribution < 1.29 is 23.9 Å². The second-order valence-corrected chi connectivity index (χ2v) is 6.28. The zero-order chi connectivity index (χ0) is 20.8. The quantitative estimate of drug-likeness (QED) is 0.158. The number of carbonyl (C=O) groups is 1. The molecule has 0 radical (unpaired) electrons. The number of nitrogens with zero attached hydrogens (tertiary/aromatic N) is 2. The van der Waals surface area contributed by atoms with Gasteiger partial charge in [0.25, 0.3) is 11.6 Å². The third kappa shape index (κ3) is 9.14. The van der Waals surface area contributed by atoms with Crippen LogP contribution in [0.4, 0.5) is 5.69 Å². The third-order valence-corrected chi connectivity index (χ3v) is 4.28. The number of amides is 1. The Morgan fingerprint density at radius 1 is 1.29 bits per heavy atom. The number of nitrogens with one attached hydrogen (secondary N) is 1. The van der Waals surface area contributed by atoms with E-state index in [0.29, 0.717) is 31.0 Å². The Hall–Kier alpha value is -2.19. The van der Waals surface area contributed by atoms with Crippen LogP contribution in [0.1, 0.15) is 23.7 Å². The summed E-state index contributed by atoms with van der Waals surface area (Å²) in [5.74, 6) is 0.158. The summed E-state index contributed by atoms with van der Waals surface area (Å²) in [5, 5.41) is 22.2. The summed E-state index contributed by atoms with van der Waals surface area (Å²) in [5.41, 5.74) is 0.224. The first-order chi connectivity index (χ1) is 13.5. The molecule has 0 heterocycles. The molecule has 9 nitrogen and oxygen atoms in total. The lowest BCUT2D eigenvalue weighted by Gasteiger charge is -2.23. The van der Waals surface area contributed by atoms with E-state index in [0.717, 1.165) is 0 Å². The van der Waals surface area contributed by atoms with Crippen LogP contribution in [0.25, 0.3) is 0 Å². The van der Waals surface area contributed by atoms with Gasteiger partial charge in [-0.3, -0.25) is 14.9 Å². The first-order valence-electron chi connectivity index (χ1n) is 8.78. The van der Waals surface area contributed by atoms with Gasteiger partial charge >= 0.3 is 0 Å². The van der Waals surface area contributed by atoms with Gasteiger partial charge in [-0.15, -0.1) is 0 Å². The van der Waals surface area contributed by atoms with Crippen molar-refractivity contribution >= 4 is 24.2 Å². The van der Waals surface area contributed by atoms with Crippen molar-refractivity contribution in [2.24, 2.45) is 5.92 Å². The molecule has 1 N–H and O–H groups in total. The van der Waals surface area contributed by atoms with E-state index in [9.17, 15) is 14.9 Å². The lowest BCUT2D eigenvalue weighted by molar-refractivity contribution is -0.384. The minimum absolute atomic E-state index is 0.00883. The van der Waals surface area contributed by atoms with E-state index < -0.39 is 4.92 Å². The topological polar surface area (TPSA) is 124 Å². The van der Waals surface area contributed by atoms with Crippen molar-refractivity contribution in [3.05, 3.63) is 39.9 Å². The fourth-order valence-electron chi connectivity index (χ4n) is 2.37. The molecule has 0 bridgehead atoms. The zero-order valence-electron chi connectivity index (χ0n) is 15.7. The standard InChI is InChI=1S/C18H25N3O6S/c1-2-25-13-27-11-16(9-14(12-28)10-26-8-7-19)20-18(22)15-3-5-17(6-4-15)21(23)24/h3-6,14,16,28H,2,8-13H2,1H3,(H,20,22). The van der Waals surface area contributed by atoms with E-state index in [1.54, 1.807) is 0 Å². The average molecular weight is 411 g/mol. The Kier molecular flexibility index (Phi) is 11.8. The van der Waals surface area contributed by atoms with Crippen LogP contribution >= 0.6 is 12.6 Å². The molecule has 0 aromatic heterocycles. The minimum atomic E-state index is -0.523. The van der Waals surface area contributed by atoms with Gasteiger partial charge in [0, 0.05) is 24.3 Å². The zero-order valence-corrected chi connectivity index (χ0v) is 16.6. The molecule has 1 aromatic carbocycles. The molecule has 2 unspecified atom stereocenters. The van der Waals surface area contributed by atoms with E-state index in [1.165, 1.54) is 24.3 Å². The Balaban J connectivity index is 2.72. The molecule has 154 valence electrons. The molecule has 28 heavy (non-hydrogen) atoms. The number of nitro groups is 1. The number of rotatable bonds is 14. The van der Waals surface area contributed by atoms with Crippen molar-refractivity contribution in [1.82, 2.24) is 5.32 Å². The maximum Gasteiger partial charge on any atom is 0.269 e. The highest BCUT2D eigenvalue weighted by Gasteiger charge is 2.20. The number of ether oxygens (including phenoxy) is 3. The van der Waals surface area contributed by atoms with Crippen LogP contribution in [0.3, 0.4) is 0 Å². The van der Waals surface area contributed by atoms with Gasteiger partial charge in [-0.25, -0.2) is 0 Å². The molecule has 0 aliphatic carbocycles. The summed E-state index contributed by atoms with van der Waals surface area (Å²) in [7, 11) is 0. The number of non-ortho nitro benzene ring substituents is 1. The van der Waals surface area contributed by atoms with E-state index in [4.69, 9.17) is 19.5 Å². The fourth-order valence-corrected chi connectivity index (χ4v) is 2.63. The highest BCUT2D eigenvalue weighted by atomic mass is 32.1. The molecular formula is C18H25N3O6S. The molecule has 0 saturated carbocycles. The van der Waals surface area contributed by atoms with Crippen LogP contribution in [-0.2, 0) is 14.2 Å². The maximum atomic E-state index is 12.5. The second-order valence-electron chi connectivity index (χ2n) is 5.91. The predicted molar refractivity (Wildman–Crippen MR) is 105 cm³/mol. The molecule has 0 fully saturated rings. The summed E-state index contributed by atoms with van der Waals surface area (Å²) in [6, 6.07) is 6.93. The summed E-state index contributed by atoms with van der Waals surface area (Å²) in [6.45, 7) is 3.03. The maximum absolute atomic E-state index is 12.5. The van der Waals surface area contributed by atoms with Crippen LogP contribution in [-0.4, -0.2) is 55.8 Å². The average Bonchev–Trinajstić information content (AvgIpc) is 2.70. The van der Waals surface area contributed by atoms with E-state index >= 15 is 0 Å². The minimum Gasteiger partial charge on any atom is -0.366 e. The molecule has 1 rings (SSSR count). The van der Waals surface area contributed by atoms with Crippen molar-refractivity contribution in [3.8, 4) is 6.07 Å². The molecule has 0 aliphatic rings. The van der Waals surface area contributed by atoms with Crippen LogP contribution < -0.4 is 5.32 Å². The molecule has 0 aliphatic heterocycles. The Morgan fingerprint density at radius 3 is 2.57 bits per heavy atom. The molecule has 0 saturated heterocycles. The van der Waals surface area contributed by atoms with Crippen LogP contribution in [0, 0.1) is 27.4 Å². The monoisotopic (exact) mass is 411 g/mol. The van der Waals surface area contributed by atoms with Gasteiger partial charge in [-0.2, -0.15) is 17.9 Å². The summed E-state index contributed by atoms with van der Waals surface area (Å²) < 4.78 is 15.8. The second kappa shape index (κ2) is 13.9. The number of nitriles is 1. The van der Waals surface area contributed by atoms with Crippen molar-refractivity contribution in [1.29, 1.82) is 5.26 Å². The molecule has 1 aromatic rings. The van der Waals surface area contributed by atoms with Crippen LogP contribution in [0.15, 0.2) is 24.3 Å². The number of carbonyl (C=O) groups excluding carboxylic acids is 1. The van der Waals surface area contributed by atoms with Gasteiger partial charge in [0.15, 0.2) is 0 Å². The number of hydrogen-bond acceptors (Lipinski definition) is 8. The lowest BCUT2D eigenvalue weighted by atomic mass is 10.0. The van der Waals surface area contributed by atoms with Crippen LogP contribution in [0.5, 0.6) is 0 Å². The van der Waals surface area contributed by atoms with Gasteiger partial charge < -0.3 is 19.5 Å². The van der Waals surface area contributed by atoms with Gasteiger partial charge in [0.05, 0.1) is 30.2 Å². The fraction of sp³-hybridized carbons (Fsp3) is 0.556. The van der Waals surface area contributed by atoms with E-state index in [-0.39, 0.29) is 43.6 Å². The van der Waals surface area contributed by atoms with E-state index in [1.807, 2.05) is 13.0 Å². The first kappa shape index (κ1) is 23.8. The highest BCUT2D eigenvalue weighted by Crippen LogP contribution is 2.14. The van der Waals surface area contributed by atoms with Gasteiger partial charge in [0.1, 0.15) is 13.4 Å². The molecule has 2 atom stereocenters. The van der Waals surface area contributed by atoms with Crippen molar-refractivity contribution in [2.45, 2.75) is 19.4 Å². The van der Waals surface area contributed by atoms with E-state index in [2.05, 4.69) is 17.9 Å². The molecular weight excluding hydrogens is 386 g/mol. The Bertz CT molecular complexity index is 650. The van der Waals surface area contributed by atoms with Gasteiger partial charge in [0.2, 0.25) is 0 Å². The Morgan fingerprint density at radius 2 is 2.00 bits per heavy atom. The smallest absolute Gasteiger partial charge is 0.269 e. The number of hydrogen-bond donors (Lipinski definition) is 2. The summed E-state index contributed by atoms with van der Waals surface area (Å²) in [4.78, 5) is 22.7. The lowest BCUT2D eigenvalue weighted by Crippen LogP contribution is -2.40. The summed E-state index contributed by atoms with van der Waals surface area (Å²) in [6.07, 6.45) is 0.528. The third-order valence-electron chi connectivity index (χ3n) is 3.76. The summed E-state index contributed by atoms with van der Waals surface area (Å²) >= 11 is 4.30. The van der Waals surface area contributed by atoms with Crippen molar-refractivity contribution in [3.63, 3.8) is 0 Å². The van der Waals surface area contributed by atoms with Crippen LogP contribution in [0.2, 0.25) is 0 Å². The van der Waals surface area contributed by atoms with Gasteiger partial charge in [-0.05, 0) is 37.1 Å². The number of benzene rings is 1. The van der Waals surface area contributed by atoms with Crippen molar-refractivity contribution in [2.75, 3.05) is 39.0 Å². The molecule has 0 spiro atoms. The highest BCUT2D eigenvalue weighted by molar-refractivity contribution is 7.80. The molecule has 1 amide bonds. The Labute approximate surface area is 169 Å². The normalized spacial score (nSPS) is 12.8. The largest absolute Gasteiger partial charge is 0.366 e. The first-order valence-corrected chi connectivity index (χ1v) is 9.41. The number of thiol groups is 1. The molecule has 10 heteroatoms.